The molecule has 0 saturated carbocycles. The van der Waals surface area contributed by atoms with Crippen molar-refractivity contribution in [2.45, 2.75) is 162 Å². The standard InChI is InChI=1S/C52H76N4O13/c1-32(2)27-39(53-9)49(62)68-43(30-37-21-15-12-16-22-37)46(58)55(11)41(28-33(3)4)51(64)66-35(7)45(57)54(10)42(29-34(5)6)52(65)69-44(31-38-23-17-13-18-24-38)47(59)56-26-20-14-19-25-40(56)50(63)67-36(8)48(60)61/h12-13,15-18,21-24,32-36,39-44,53H,14,19-20,25-31H2,1-11H3,(H,60,61)/t35-,36-,39+,40+,41+,42+,43-,44-/m1/s1. The first-order chi connectivity index (χ1) is 32.5. The van der Waals surface area contributed by atoms with Gasteiger partial charge >= 0.3 is 29.8 Å². The van der Waals surface area contributed by atoms with Gasteiger partial charge in [-0.1, -0.05) is 115 Å². The maximum atomic E-state index is 14.5. The van der Waals surface area contributed by atoms with Gasteiger partial charge in [-0.05, 0) is 81.9 Å². The average Bonchev–Trinajstić information content (AvgIpc) is 3.57. The predicted molar refractivity (Wildman–Crippen MR) is 257 cm³/mol. The number of rotatable bonds is 25. The minimum absolute atomic E-state index is 0.0410. The van der Waals surface area contributed by atoms with E-state index in [-0.39, 0.29) is 56.4 Å². The molecule has 1 aliphatic heterocycles. The third-order valence-electron chi connectivity index (χ3n) is 12.1. The van der Waals surface area contributed by atoms with Crippen molar-refractivity contribution in [3.63, 3.8) is 0 Å². The van der Waals surface area contributed by atoms with E-state index in [1.165, 1.54) is 37.7 Å². The molecule has 1 saturated heterocycles. The van der Waals surface area contributed by atoms with Gasteiger partial charge in [0.25, 0.3) is 17.7 Å². The lowest BCUT2D eigenvalue weighted by Crippen LogP contribution is -2.54. The van der Waals surface area contributed by atoms with Crippen LogP contribution in [0.25, 0.3) is 0 Å². The van der Waals surface area contributed by atoms with Gasteiger partial charge in [-0.2, -0.15) is 0 Å². The van der Waals surface area contributed by atoms with E-state index in [9.17, 15) is 43.5 Å². The molecule has 0 bridgehead atoms. The van der Waals surface area contributed by atoms with E-state index >= 15 is 0 Å². The zero-order valence-electron chi connectivity index (χ0n) is 42.4. The van der Waals surface area contributed by atoms with Crippen LogP contribution in [0.5, 0.6) is 0 Å². The summed E-state index contributed by atoms with van der Waals surface area (Å²) in [6.07, 6.45) is -2.94. The number of likely N-dealkylation sites (N-methyl/N-ethyl adjacent to an activating group) is 3. The largest absolute Gasteiger partial charge is 0.479 e. The number of aliphatic carboxylic acids is 1. The summed E-state index contributed by atoms with van der Waals surface area (Å²) in [7, 11) is 4.45. The van der Waals surface area contributed by atoms with Gasteiger partial charge in [0.05, 0.1) is 0 Å². The SMILES string of the molecule is CN[C@@H](CC(C)C)C(=O)O[C@H](Cc1ccccc1)C(=O)N(C)[C@@H](CC(C)C)C(=O)O[C@H](C)C(=O)N(C)[C@@H](CC(C)C)C(=O)O[C@H](Cc1ccccc1)C(=O)N1CCCCC[C@H]1C(=O)O[C@H](C)C(=O)O. The zero-order chi connectivity index (χ0) is 51.5. The van der Waals surface area contributed by atoms with Crippen LogP contribution in [0.15, 0.2) is 60.7 Å². The van der Waals surface area contributed by atoms with Crippen LogP contribution >= 0.6 is 0 Å². The van der Waals surface area contributed by atoms with Crippen LogP contribution in [-0.4, -0.2) is 144 Å². The lowest BCUT2D eigenvalue weighted by molar-refractivity contribution is -0.175. The summed E-state index contributed by atoms with van der Waals surface area (Å²) < 4.78 is 23.0. The summed E-state index contributed by atoms with van der Waals surface area (Å²) in [4.78, 5) is 114. The van der Waals surface area contributed by atoms with Gasteiger partial charge in [0.1, 0.15) is 24.2 Å². The van der Waals surface area contributed by atoms with E-state index in [2.05, 4.69) is 5.32 Å². The monoisotopic (exact) mass is 965 g/mol. The summed E-state index contributed by atoms with van der Waals surface area (Å²) in [6.45, 7) is 14.1. The van der Waals surface area contributed by atoms with Crippen molar-refractivity contribution >= 4 is 47.6 Å². The van der Waals surface area contributed by atoms with Crippen molar-refractivity contribution in [1.29, 1.82) is 0 Å². The number of likely N-dealkylation sites (tertiary alicyclic amines) is 1. The molecule has 2 aromatic carbocycles. The molecule has 1 heterocycles. The van der Waals surface area contributed by atoms with Gasteiger partial charge in [0, 0.05) is 33.5 Å². The molecule has 0 spiro atoms. The smallest absolute Gasteiger partial charge is 0.344 e. The quantitative estimate of drug-likeness (QED) is 0.0943. The van der Waals surface area contributed by atoms with Crippen molar-refractivity contribution < 1.29 is 62.4 Å². The number of carbonyl (C=O) groups excluding carboxylic acids is 7. The Balaban J connectivity index is 1.90. The first-order valence-corrected chi connectivity index (χ1v) is 24.2. The number of carboxylic acids is 1. The number of amides is 3. The number of nitrogens with one attached hydrogen (secondary N) is 1. The Bertz CT molecular complexity index is 2010. The maximum Gasteiger partial charge on any atom is 0.344 e. The summed E-state index contributed by atoms with van der Waals surface area (Å²) in [5, 5.41) is 12.4. The highest BCUT2D eigenvalue weighted by Gasteiger charge is 2.42. The number of hydrogen-bond donors (Lipinski definition) is 2. The molecule has 1 aliphatic rings. The highest BCUT2D eigenvalue weighted by Crippen LogP contribution is 2.24. The highest BCUT2D eigenvalue weighted by molar-refractivity contribution is 5.93. The number of benzene rings is 2. The second-order valence-electron chi connectivity index (χ2n) is 19.3. The third kappa shape index (κ3) is 17.9. The molecule has 17 nitrogen and oxygen atoms in total. The van der Waals surface area contributed by atoms with Gasteiger partial charge in [0.2, 0.25) is 0 Å². The fourth-order valence-corrected chi connectivity index (χ4v) is 8.21. The topological polar surface area (TPSA) is 215 Å². The highest BCUT2D eigenvalue weighted by atomic mass is 16.6. The van der Waals surface area contributed by atoms with Crippen molar-refractivity contribution in [1.82, 2.24) is 20.0 Å². The molecule has 2 N–H and O–H groups in total. The molecule has 0 aliphatic carbocycles. The molecule has 1 fully saturated rings. The summed E-state index contributed by atoms with van der Waals surface area (Å²) >= 11 is 0. The van der Waals surface area contributed by atoms with Crippen LogP contribution in [0.1, 0.15) is 111 Å². The molecular weight excluding hydrogens is 889 g/mol. The van der Waals surface area contributed by atoms with Crippen LogP contribution in [0.2, 0.25) is 0 Å². The summed E-state index contributed by atoms with van der Waals surface area (Å²) in [6, 6.07) is 13.6. The molecule has 3 rings (SSSR count). The van der Waals surface area contributed by atoms with E-state index in [0.29, 0.717) is 31.2 Å². The van der Waals surface area contributed by atoms with Crippen LogP contribution in [0, 0.1) is 17.8 Å². The first-order valence-electron chi connectivity index (χ1n) is 24.2. The number of hydrogen-bond acceptors (Lipinski definition) is 13. The van der Waals surface area contributed by atoms with Crippen LogP contribution in [0.3, 0.4) is 0 Å². The molecule has 3 amide bonds. The summed E-state index contributed by atoms with van der Waals surface area (Å²) in [5.74, 6) is -6.82. The Kier molecular flexibility index (Phi) is 23.3. The number of nitrogens with zero attached hydrogens (tertiary/aromatic N) is 3. The van der Waals surface area contributed by atoms with Crippen molar-refractivity contribution in [3.05, 3.63) is 71.8 Å². The molecule has 0 aromatic heterocycles. The Labute approximate surface area is 407 Å². The fourth-order valence-electron chi connectivity index (χ4n) is 8.21. The molecular formula is C52H76N4O13. The Morgan fingerprint density at radius 2 is 1.09 bits per heavy atom. The molecule has 69 heavy (non-hydrogen) atoms. The fraction of sp³-hybridized carbons (Fsp3) is 0.615. The van der Waals surface area contributed by atoms with Crippen LogP contribution in [0.4, 0.5) is 0 Å². The van der Waals surface area contributed by atoms with Gasteiger partial charge in [-0.3, -0.25) is 19.2 Å². The Morgan fingerprint density at radius 1 is 0.609 bits per heavy atom. The molecule has 17 heteroatoms. The predicted octanol–water partition coefficient (Wildman–Crippen LogP) is 5.39. The van der Waals surface area contributed by atoms with Crippen molar-refractivity contribution in [3.8, 4) is 0 Å². The van der Waals surface area contributed by atoms with Crippen molar-refractivity contribution in [2.24, 2.45) is 17.8 Å². The summed E-state index contributed by atoms with van der Waals surface area (Å²) in [5.41, 5.74) is 1.38. The average molecular weight is 965 g/mol. The van der Waals surface area contributed by atoms with E-state index < -0.39 is 96.2 Å². The second kappa shape index (κ2) is 28.0. The van der Waals surface area contributed by atoms with Gasteiger partial charge in [-0.25, -0.2) is 19.2 Å². The second-order valence-corrected chi connectivity index (χ2v) is 19.3. The van der Waals surface area contributed by atoms with Crippen LogP contribution < -0.4 is 5.32 Å². The van der Waals surface area contributed by atoms with Gasteiger partial charge < -0.3 is 44.1 Å². The number of carboxylic acid groups (broad SMARTS) is 1. The number of esters is 4. The lowest BCUT2D eigenvalue weighted by Gasteiger charge is -2.34. The minimum Gasteiger partial charge on any atom is -0.479 e. The Hall–Kier alpha value is -5.84. The molecule has 2 aromatic rings. The maximum absolute atomic E-state index is 14.5. The van der Waals surface area contributed by atoms with E-state index in [1.807, 2.05) is 59.7 Å². The van der Waals surface area contributed by atoms with E-state index in [1.54, 1.807) is 49.5 Å². The molecule has 8 atom stereocenters. The first kappa shape index (κ1) is 57.5. The van der Waals surface area contributed by atoms with Gasteiger partial charge in [-0.15, -0.1) is 0 Å². The third-order valence-corrected chi connectivity index (χ3v) is 12.1. The molecule has 382 valence electrons. The van der Waals surface area contributed by atoms with Crippen molar-refractivity contribution in [2.75, 3.05) is 27.7 Å². The minimum atomic E-state index is -1.45. The van der Waals surface area contributed by atoms with E-state index in [0.717, 1.165) is 10.5 Å². The number of ether oxygens (including phenoxy) is 4. The van der Waals surface area contributed by atoms with Gasteiger partial charge in [0.15, 0.2) is 24.4 Å². The number of carbonyl (C=O) groups is 8. The molecule has 0 radical (unpaired) electrons. The normalized spacial score (nSPS) is 17.0. The van der Waals surface area contributed by atoms with E-state index in [4.69, 9.17) is 18.9 Å². The zero-order valence-corrected chi connectivity index (χ0v) is 42.4. The van der Waals surface area contributed by atoms with Crippen LogP contribution in [-0.2, 0) is 70.1 Å². The Morgan fingerprint density at radius 3 is 1.58 bits per heavy atom. The lowest BCUT2D eigenvalue weighted by atomic mass is 10.0. The molecule has 0 unspecified atom stereocenters.